The summed E-state index contributed by atoms with van der Waals surface area (Å²) in [4.78, 5) is 0. The molecule has 1 heterocycles. The fraction of sp³-hybridized carbons (Fsp3) is 1.00. The number of rotatable bonds is 0. The van der Waals surface area contributed by atoms with Crippen LogP contribution in [0.25, 0.3) is 0 Å². The Bertz CT molecular complexity index is 106. The molecule has 3 heteroatoms. The molecule has 60 valence electrons. The van der Waals surface area contributed by atoms with Crippen LogP contribution in [0.15, 0.2) is 0 Å². The predicted molar refractivity (Wildman–Crippen MR) is 40.4 cm³/mol. The minimum atomic E-state index is 0.216. The first kappa shape index (κ1) is 7.98. The van der Waals surface area contributed by atoms with E-state index in [1.807, 2.05) is 7.05 Å². The minimum Gasteiger partial charge on any atom is -0.358 e. The van der Waals surface area contributed by atoms with Crippen LogP contribution in [0.5, 0.6) is 0 Å². The summed E-state index contributed by atoms with van der Waals surface area (Å²) in [5, 5.41) is 4.28. The third kappa shape index (κ3) is 1.48. The minimum absolute atomic E-state index is 0.216. The van der Waals surface area contributed by atoms with Gasteiger partial charge in [0, 0.05) is 20.6 Å². The number of hydrogen-bond donors (Lipinski definition) is 0. The quantitative estimate of drug-likeness (QED) is 0.493. The summed E-state index contributed by atoms with van der Waals surface area (Å²) in [7, 11) is 4.12. The summed E-state index contributed by atoms with van der Waals surface area (Å²) in [6, 6.07) is 0. The first-order chi connectivity index (χ1) is 4.61. The van der Waals surface area contributed by atoms with Gasteiger partial charge in [0.25, 0.3) is 0 Å². The first-order valence-electron chi connectivity index (χ1n) is 3.70. The summed E-state index contributed by atoms with van der Waals surface area (Å²) in [5.74, 6) is 0. The maximum atomic E-state index is 5.55. The van der Waals surface area contributed by atoms with Crippen molar-refractivity contribution in [2.24, 2.45) is 0 Å². The highest BCUT2D eigenvalue weighted by molar-refractivity contribution is 4.64. The lowest BCUT2D eigenvalue weighted by Gasteiger charge is -2.41. The molecule has 0 saturated carbocycles. The summed E-state index contributed by atoms with van der Waals surface area (Å²) in [6.45, 7) is 5.15. The Morgan fingerprint density at radius 3 is 2.40 bits per heavy atom. The lowest BCUT2D eigenvalue weighted by Crippen LogP contribution is -2.53. The van der Waals surface area contributed by atoms with Crippen molar-refractivity contribution in [3.63, 3.8) is 0 Å². The smallest absolute Gasteiger partial charge is 0.120 e. The van der Waals surface area contributed by atoms with Crippen molar-refractivity contribution in [2.45, 2.75) is 26.2 Å². The fourth-order valence-corrected chi connectivity index (χ4v) is 1.25. The van der Waals surface area contributed by atoms with Gasteiger partial charge >= 0.3 is 0 Å². The van der Waals surface area contributed by atoms with E-state index in [9.17, 15) is 0 Å². The molecular formula is C7H16N2O. The van der Waals surface area contributed by atoms with E-state index in [4.69, 9.17) is 4.74 Å². The van der Waals surface area contributed by atoms with Gasteiger partial charge < -0.3 is 4.74 Å². The Morgan fingerprint density at radius 2 is 1.90 bits per heavy atom. The molecule has 1 aliphatic heterocycles. The van der Waals surface area contributed by atoms with Gasteiger partial charge in [0.15, 0.2) is 0 Å². The normalized spacial score (nSPS) is 38.4. The van der Waals surface area contributed by atoms with Gasteiger partial charge in [0.1, 0.15) is 6.23 Å². The van der Waals surface area contributed by atoms with Crippen LogP contribution in [0.4, 0.5) is 0 Å². The highest BCUT2D eigenvalue weighted by Gasteiger charge is 2.23. The van der Waals surface area contributed by atoms with E-state index in [0.717, 1.165) is 6.54 Å². The third-order valence-corrected chi connectivity index (χ3v) is 2.02. The number of ether oxygens (including phenoxy) is 1. The topological polar surface area (TPSA) is 15.7 Å². The standard InChI is InChI=1S/C7H16N2O/c1-6-5-8(3)9(4)7(2)10-6/h6-7H,5H2,1-4H3. The molecule has 0 amide bonds. The van der Waals surface area contributed by atoms with Crippen LogP contribution in [-0.4, -0.2) is 43.0 Å². The van der Waals surface area contributed by atoms with Crippen molar-refractivity contribution >= 4 is 0 Å². The van der Waals surface area contributed by atoms with Crippen molar-refractivity contribution in [1.82, 2.24) is 10.0 Å². The summed E-state index contributed by atoms with van der Waals surface area (Å²) in [5.41, 5.74) is 0. The first-order valence-corrected chi connectivity index (χ1v) is 3.70. The van der Waals surface area contributed by atoms with Crippen LogP contribution in [0.1, 0.15) is 13.8 Å². The van der Waals surface area contributed by atoms with Crippen molar-refractivity contribution in [1.29, 1.82) is 0 Å². The van der Waals surface area contributed by atoms with Gasteiger partial charge in [0.2, 0.25) is 0 Å². The summed E-state index contributed by atoms with van der Waals surface area (Å²) < 4.78 is 5.55. The summed E-state index contributed by atoms with van der Waals surface area (Å²) >= 11 is 0. The van der Waals surface area contributed by atoms with E-state index < -0.39 is 0 Å². The molecule has 0 N–H and O–H groups in total. The van der Waals surface area contributed by atoms with Gasteiger partial charge in [-0.05, 0) is 13.8 Å². The fourth-order valence-electron chi connectivity index (χ4n) is 1.25. The van der Waals surface area contributed by atoms with Crippen LogP contribution < -0.4 is 0 Å². The second kappa shape index (κ2) is 2.86. The van der Waals surface area contributed by atoms with E-state index in [2.05, 4.69) is 30.9 Å². The van der Waals surface area contributed by atoms with Crippen molar-refractivity contribution in [2.75, 3.05) is 20.6 Å². The molecule has 2 atom stereocenters. The van der Waals surface area contributed by atoms with Gasteiger partial charge in [-0.25, -0.2) is 10.0 Å². The Labute approximate surface area is 62.5 Å². The van der Waals surface area contributed by atoms with E-state index in [1.165, 1.54) is 0 Å². The molecule has 1 fully saturated rings. The van der Waals surface area contributed by atoms with E-state index >= 15 is 0 Å². The molecule has 0 aromatic rings. The van der Waals surface area contributed by atoms with Gasteiger partial charge in [-0.2, -0.15) is 0 Å². The van der Waals surface area contributed by atoms with Gasteiger partial charge in [-0.15, -0.1) is 0 Å². The average Bonchev–Trinajstić information content (AvgIpc) is 1.82. The molecule has 2 unspecified atom stereocenters. The molecule has 1 saturated heterocycles. The molecular weight excluding hydrogens is 128 g/mol. The van der Waals surface area contributed by atoms with E-state index in [-0.39, 0.29) is 6.23 Å². The Balaban J connectivity index is 2.49. The number of hydrogen-bond acceptors (Lipinski definition) is 3. The Hall–Kier alpha value is -0.120. The molecule has 0 aromatic heterocycles. The van der Waals surface area contributed by atoms with Crippen molar-refractivity contribution in [3.8, 4) is 0 Å². The molecule has 3 nitrogen and oxygen atoms in total. The molecule has 0 spiro atoms. The Morgan fingerprint density at radius 1 is 1.30 bits per heavy atom. The van der Waals surface area contributed by atoms with Crippen LogP contribution in [0.3, 0.4) is 0 Å². The molecule has 0 bridgehead atoms. The molecule has 1 aliphatic rings. The number of hydrazine groups is 1. The van der Waals surface area contributed by atoms with Crippen LogP contribution in [-0.2, 0) is 4.74 Å². The van der Waals surface area contributed by atoms with Gasteiger partial charge in [-0.1, -0.05) is 0 Å². The maximum Gasteiger partial charge on any atom is 0.120 e. The molecule has 0 radical (unpaired) electrons. The lowest BCUT2D eigenvalue weighted by atomic mass is 10.3. The third-order valence-electron chi connectivity index (χ3n) is 2.02. The van der Waals surface area contributed by atoms with E-state index in [0.29, 0.717) is 6.10 Å². The highest BCUT2D eigenvalue weighted by Crippen LogP contribution is 2.11. The zero-order valence-corrected chi connectivity index (χ0v) is 7.16. The van der Waals surface area contributed by atoms with Crippen LogP contribution in [0.2, 0.25) is 0 Å². The zero-order valence-electron chi connectivity index (χ0n) is 7.16. The van der Waals surface area contributed by atoms with Gasteiger partial charge in [-0.3, -0.25) is 0 Å². The van der Waals surface area contributed by atoms with Crippen molar-refractivity contribution < 1.29 is 4.74 Å². The molecule has 0 aliphatic carbocycles. The van der Waals surface area contributed by atoms with Crippen LogP contribution >= 0.6 is 0 Å². The lowest BCUT2D eigenvalue weighted by molar-refractivity contribution is -0.210. The second-order valence-electron chi connectivity index (χ2n) is 2.96. The largest absolute Gasteiger partial charge is 0.358 e. The average molecular weight is 144 g/mol. The molecule has 0 aromatic carbocycles. The Kier molecular flexibility index (Phi) is 2.28. The highest BCUT2D eigenvalue weighted by atomic mass is 16.5. The van der Waals surface area contributed by atoms with Crippen molar-refractivity contribution in [3.05, 3.63) is 0 Å². The zero-order chi connectivity index (χ0) is 7.72. The molecule has 1 rings (SSSR count). The predicted octanol–water partition coefficient (Wildman–Crippen LogP) is 0.530. The molecule has 10 heavy (non-hydrogen) atoms. The maximum absolute atomic E-state index is 5.55. The number of nitrogens with zero attached hydrogens (tertiary/aromatic N) is 2. The monoisotopic (exact) mass is 144 g/mol. The SMILES string of the molecule is CC1CN(C)N(C)C(C)O1. The number of likely N-dealkylation sites (N-methyl/N-ethyl adjacent to an activating group) is 1. The second-order valence-corrected chi connectivity index (χ2v) is 2.96. The van der Waals surface area contributed by atoms with Gasteiger partial charge in [0.05, 0.1) is 6.10 Å². The van der Waals surface area contributed by atoms with Crippen LogP contribution in [0, 0.1) is 0 Å². The summed E-state index contributed by atoms with van der Waals surface area (Å²) in [6.07, 6.45) is 0.574. The van der Waals surface area contributed by atoms with E-state index in [1.54, 1.807) is 0 Å².